The van der Waals surface area contributed by atoms with Crippen LogP contribution in [0.2, 0.25) is 5.02 Å². The van der Waals surface area contributed by atoms with E-state index in [1.807, 2.05) is 13.8 Å². The quantitative estimate of drug-likeness (QED) is 0.790. The molecule has 0 fully saturated rings. The van der Waals surface area contributed by atoms with Crippen molar-refractivity contribution in [3.8, 4) is 0 Å². The number of aromatic nitrogens is 2. The second-order valence-corrected chi connectivity index (χ2v) is 4.22. The largest absolute Gasteiger partial charge is 0.387 e. The minimum Gasteiger partial charge on any atom is -0.387 e. The Balaban J connectivity index is 2.93. The van der Waals surface area contributed by atoms with E-state index in [0.717, 1.165) is 11.4 Å². The summed E-state index contributed by atoms with van der Waals surface area (Å²) in [5.74, 6) is 0. The highest BCUT2D eigenvalue weighted by Gasteiger charge is 2.21. The lowest BCUT2D eigenvalue weighted by molar-refractivity contribution is 0.0464. The van der Waals surface area contributed by atoms with Crippen molar-refractivity contribution in [3.63, 3.8) is 0 Å². The Bertz CT molecular complexity index is 333. The van der Waals surface area contributed by atoms with Gasteiger partial charge in [-0.2, -0.15) is 5.10 Å². The minimum absolute atomic E-state index is 0.197. The first kappa shape index (κ1) is 11.5. The van der Waals surface area contributed by atoms with Gasteiger partial charge >= 0.3 is 0 Å². The summed E-state index contributed by atoms with van der Waals surface area (Å²) in [7, 11) is 0. The van der Waals surface area contributed by atoms with Crippen LogP contribution in [-0.2, 0) is 6.54 Å². The Labute approximate surface area is 88.7 Å². The van der Waals surface area contributed by atoms with Crippen LogP contribution in [0, 0.1) is 13.8 Å². The van der Waals surface area contributed by atoms with Crippen LogP contribution in [0.5, 0.6) is 0 Å². The molecule has 14 heavy (non-hydrogen) atoms. The molecule has 0 aliphatic rings. The van der Waals surface area contributed by atoms with Crippen molar-refractivity contribution >= 4 is 11.6 Å². The van der Waals surface area contributed by atoms with Crippen LogP contribution in [0.1, 0.15) is 18.3 Å². The molecule has 0 bridgehead atoms. The third-order valence-corrected chi connectivity index (χ3v) is 2.77. The maximum absolute atomic E-state index is 9.77. The number of hydrogen-bond acceptors (Lipinski definition) is 3. The molecule has 4 nitrogen and oxygen atoms in total. The van der Waals surface area contributed by atoms with Gasteiger partial charge < -0.3 is 10.8 Å². The Hall–Kier alpha value is -0.580. The van der Waals surface area contributed by atoms with Gasteiger partial charge in [0.05, 0.1) is 28.6 Å². The molecule has 1 heterocycles. The lowest BCUT2D eigenvalue weighted by Crippen LogP contribution is -2.39. The molecule has 0 aromatic carbocycles. The number of halogens is 1. The van der Waals surface area contributed by atoms with Crippen molar-refractivity contribution < 1.29 is 5.11 Å². The van der Waals surface area contributed by atoms with Crippen molar-refractivity contribution in [1.82, 2.24) is 9.78 Å². The van der Waals surface area contributed by atoms with E-state index in [2.05, 4.69) is 5.10 Å². The fraction of sp³-hybridized carbons (Fsp3) is 0.667. The Morgan fingerprint density at radius 3 is 2.50 bits per heavy atom. The first-order valence-electron chi connectivity index (χ1n) is 4.49. The Kier molecular flexibility index (Phi) is 3.19. The van der Waals surface area contributed by atoms with Crippen LogP contribution < -0.4 is 5.73 Å². The topological polar surface area (TPSA) is 64.1 Å². The first-order valence-corrected chi connectivity index (χ1v) is 4.87. The summed E-state index contributed by atoms with van der Waals surface area (Å²) < 4.78 is 1.69. The predicted molar refractivity (Wildman–Crippen MR) is 56.4 cm³/mol. The summed E-state index contributed by atoms with van der Waals surface area (Å²) in [5.41, 5.74) is 6.12. The normalized spacial score (nSPS) is 15.6. The smallest absolute Gasteiger partial charge is 0.0936 e. The molecule has 0 saturated heterocycles. The Morgan fingerprint density at radius 2 is 2.14 bits per heavy atom. The monoisotopic (exact) mass is 217 g/mol. The van der Waals surface area contributed by atoms with E-state index >= 15 is 0 Å². The highest BCUT2D eigenvalue weighted by atomic mass is 35.5. The van der Waals surface area contributed by atoms with Crippen LogP contribution in [0.4, 0.5) is 0 Å². The van der Waals surface area contributed by atoms with E-state index < -0.39 is 5.60 Å². The fourth-order valence-electron chi connectivity index (χ4n) is 1.22. The van der Waals surface area contributed by atoms with Crippen LogP contribution in [-0.4, -0.2) is 27.0 Å². The average Bonchev–Trinajstić information content (AvgIpc) is 2.33. The number of rotatable bonds is 3. The molecular formula is C9H16ClN3O. The summed E-state index contributed by atoms with van der Waals surface area (Å²) in [6.45, 7) is 5.95. The molecule has 1 aromatic rings. The molecule has 0 aliphatic heterocycles. The van der Waals surface area contributed by atoms with E-state index in [9.17, 15) is 5.11 Å². The van der Waals surface area contributed by atoms with Gasteiger partial charge in [-0.25, -0.2) is 0 Å². The molecule has 0 aliphatic carbocycles. The van der Waals surface area contributed by atoms with Gasteiger partial charge in [-0.3, -0.25) is 4.68 Å². The van der Waals surface area contributed by atoms with Crippen LogP contribution >= 0.6 is 11.6 Å². The summed E-state index contributed by atoms with van der Waals surface area (Å²) in [4.78, 5) is 0. The van der Waals surface area contributed by atoms with Crippen molar-refractivity contribution in [3.05, 3.63) is 16.4 Å². The maximum atomic E-state index is 9.77. The molecule has 0 radical (unpaired) electrons. The van der Waals surface area contributed by atoms with E-state index in [-0.39, 0.29) is 6.54 Å². The van der Waals surface area contributed by atoms with Gasteiger partial charge in [0.15, 0.2) is 0 Å². The van der Waals surface area contributed by atoms with Crippen molar-refractivity contribution in [2.75, 3.05) is 6.54 Å². The van der Waals surface area contributed by atoms with Gasteiger partial charge in [0.1, 0.15) is 0 Å². The molecule has 0 spiro atoms. The zero-order valence-electron chi connectivity index (χ0n) is 8.71. The van der Waals surface area contributed by atoms with Gasteiger partial charge in [0, 0.05) is 6.54 Å². The molecular weight excluding hydrogens is 202 g/mol. The zero-order chi connectivity index (χ0) is 10.9. The lowest BCUT2D eigenvalue weighted by Gasteiger charge is -2.21. The van der Waals surface area contributed by atoms with E-state index in [1.165, 1.54) is 0 Å². The second kappa shape index (κ2) is 3.88. The lowest BCUT2D eigenvalue weighted by atomic mass is 10.1. The second-order valence-electron chi connectivity index (χ2n) is 3.84. The number of aryl methyl sites for hydroxylation is 1. The van der Waals surface area contributed by atoms with Gasteiger partial charge in [-0.1, -0.05) is 11.6 Å². The first-order chi connectivity index (χ1) is 6.37. The van der Waals surface area contributed by atoms with Gasteiger partial charge in [0.2, 0.25) is 0 Å². The molecule has 0 amide bonds. The van der Waals surface area contributed by atoms with Gasteiger partial charge in [-0.05, 0) is 20.8 Å². The standard InChI is InChI=1S/C9H16ClN3O/c1-6-8(10)7(2)13(12-6)5-9(3,14)4-11/h14H,4-5,11H2,1-3H3. The van der Waals surface area contributed by atoms with Crippen molar-refractivity contribution in [2.45, 2.75) is 32.9 Å². The third-order valence-electron chi connectivity index (χ3n) is 2.22. The van der Waals surface area contributed by atoms with Crippen LogP contribution in [0.3, 0.4) is 0 Å². The zero-order valence-corrected chi connectivity index (χ0v) is 9.47. The summed E-state index contributed by atoms with van der Waals surface area (Å²) in [6.07, 6.45) is 0. The summed E-state index contributed by atoms with van der Waals surface area (Å²) in [5, 5.41) is 14.6. The third kappa shape index (κ3) is 2.26. The van der Waals surface area contributed by atoms with Gasteiger partial charge in [-0.15, -0.1) is 0 Å². The molecule has 1 rings (SSSR count). The number of aliphatic hydroxyl groups is 1. The molecule has 1 unspecified atom stereocenters. The number of nitrogens with zero attached hydrogens (tertiary/aromatic N) is 2. The van der Waals surface area contributed by atoms with Crippen molar-refractivity contribution in [1.29, 1.82) is 0 Å². The molecule has 80 valence electrons. The van der Waals surface area contributed by atoms with Crippen LogP contribution in [0.15, 0.2) is 0 Å². The summed E-state index contributed by atoms with van der Waals surface area (Å²) >= 11 is 5.97. The van der Waals surface area contributed by atoms with E-state index in [1.54, 1.807) is 11.6 Å². The molecule has 5 heteroatoms. The Morgan fingerprint density at radius 1 is 1.57 bits per heavy atom. The van der Waals surface area contributed by atoms with Crippen LogP contribution in [0.25, 0.3) is 0 Å². The number of hydrogen-bond donors (Lipinski definition) is 2. The van der Waals surface area contributed by atoms with Gasteiger partial charge in [0.25, 0.3) is 0 Å². The molecule has 1 atom stereocenters. The highest BCUT2D eigenvalue weighted by Crippen LogP contribution is 2.20. The SMILES string of the molecule is Cc1nn(CC(C)(O)CN)c(C)c1Cl. The minimum atomic E-state index is -0.938. The predicted octanol–water partition coefficient (Wildman–Crippen LogP) is 0.863. The van der Waals surface area contributed by atoms with E-state index in [4.69, 9.17) is 17.3 Å². The maximum Gasteiger partial charge on any atom is 0.0936 e. The molecule has 1 aromatic heterocycles. The average molecular weight is 218 g/mol. The highest BCUT2D eigenvalue weighted by molar-refractivity contribution is 6.31. The number of nitrogens with two attached hydrogens (primary N) is 1. The molecule has 3 N–H and O–H groups in total. The summed E-state index contributed by atoms with van der Waals surface area (Å²) in [6, 6.07) is 0. The van der Waals surface area contributed by atoms with Crippen molar-refractivity contribution in [2.24, 2.45) is 5.73 Å². The van der Waals surface area contributed by atoms with E-state index in [0.29, 0.717) is 11.6 Å². The molecule has 0 saturated carbocycles. The fourth-order valence-corrected chi connectivity index (χ4v) is 1.35.